The number of β-lactam (4-membered cyclic amide) rings is 1. The molecule has 2 unspecified atom stereocenters. The van der Waals surface area contributed by atoms with E-state index in [0.717, 1.165) is 11.8 Å². The molecule has 2 N–H and O–H groups in total. The predicted octanol–water partition coefficient (Wildman–Crippen LogP) is 1.20. The SMILES string of the molecule is COC1(NC(=O)COc2ccc(Cl)cc2)C(=O)N2CC(SC(C)=O)(C(=O)O)CS[C@@H]21. The van der Waals surface area contributed by atoms with Crippen molar-refractivity contribution >= 4 is 58.0 Å². The quantitative estimate of drug-likeness (QED) is 0.443. The number of carboxylic acids is 1. The molecular weight excluding hydrogens is 456 g/mol. The van der Waals surface area contributed by atoms with Crippen LogP contribution < -0.4 is 10.1 Å². The molecule has 0 aromatic heterocycles. The summed E-state index contributed by atoms with van der Waals surface area (Å²) in [6, 6.07) is 6.44. The molecule has 1 aromatic carbocycles. The topological polar surface area (TPSA) is 122 Å². The van der Waals surface area contributed by atoms with Gasteiger partial charge in [-0.1, -0.05) is 23.4 Å². The second-order valence-electron chi connectivity index (χ2n) is 6.72. The van der Waals surface area contributed by atoms with Gasteiger partial charge in [-0.15, -0.1) is 11.8 Å². The van der Waals surface area contributed by atoms with Crippen LogP contribution in [0.25, 0.3) is 0 Å². The van der Waals surface area contributed by atoms with Gasteiger partial charge in [0, 0.05) is 31.4 Å². The Balaban J connectivity index is 1.66. The van der Waals surface area contributed by atoms with Crippen LogP contribution in [0.2, 0.25) is 5.02 Å². The van der Waals surface area contributed by atoms with E-state index in [2.05, 4.69) is 5.32 Å². The summed E-state index contributed by atoms with van der Waals surface area (Å²) in [5.74, 6) is -1.81. The molecule has 2 amide bonds. The molecule has 2 fully saturated rings. The van der Waals surface area contributed by atoms with Crippen molar-refractivity contribution in [1.29, 1.82) is 0 Å². The highest BCUT2D eigenvalue weighted by Gasteiger charge is 2.68. The minimum atomic E-state index is -1.61. The van der Waals surface area contributed by atoms with Gasteiger partial charge in [-0.25, -0.2) is 0 Å². The second-order valence-corrected chi connectivity index (χ2v) is 9.79. The van der Waals surface area contributed by atoms with Crippen LogP contribution in [0, 0.1) is 0 Å². The number of nitrogens with zero attached hydrogens (tertiary/aromatic N) is 1. The monoisotopic (exact) mass is 474 g/mol. The number of nitrogens with one attached hydrogen (secondary N) is 1. The van der Waals surface area contributed by atoms with Gasteiger partial charge in [-0.05, 0) is 24.3 Å². The lowest BCUT2D eigenvalue weighted by atomic mass is 9.98. The van der Waals surface area contributed by atoms with Crippen LogP contribution in [0.3, 0.4) is 0 Å². The number of carboxylic acid groups (broad SMARTS) is 1. The van der Waals surface area contributed by atoms with Crippen molar-refractivity contribution in [1.82, 2.24) is 10.2 Å². The zero-order valence-corrected chi connectivity index (χ0v) is 18.4. The second kappa shape index (κ2) is 8.66. The molecular formula is C18H19ClN2O7S2. The smallest absolute Gasteiger partial charge is 0.322 e. The van der Waals surface area contributed by atoms with Crippen molar-refractivity contribution in [2.45, 2.75) is 22.8 Å². The third-order valence-electron chi connectivity index (χ3n) is 4.67. The first kappa shape index (κ1) is 22.7. The van der Waals surface area contributed by atoms with E-state index in [-0.39, 0.29) is 24.0 Å². The number of halogens is 1. The fraction of sp³-hybridized carbons (Fsp3) is 0.444. The molecule has 0 aliphatic carbocycles. The molecule has 2 aliphatic heterocycles. The number of fused-ring (bicyclic) bond motifs is 1. The minimum absolute atomic E-state index is 0.0727. The number of aliphatic carboxylic acids is 1. The molecule has 0 spiro atoms. The van der Waals surface area contributed by atoms with E-state index < -0.39 is 33.6 Å². The summed E-state index contributed by atoms with van der Waals surface area (Å²) >= 11 is 7.63. The van der Waals surface area contributed by atoms with E-state index in [1.165, 1.54) is 18.9 Å². The molecule has 0 radical (unpaired) electrons. The van der Waals surface area contributed by atoms with Gasteiger partial charge in [0.15, 0.2) is 11.7 Å². The van der Waals surface area contributed by atoms with Crippen molar-refractivity contribution in [2.75, 3.05) is 26.0 Å². The summed E-state index contributed by atoms with van der Waals surface area (Å²) in [5.41, 5.74) is -1.61. The van der Waals surface area contributed by atoms with Crippen molar-refractivity contribution in [3.63, 3.8) is 0 Å². The fourth-order valence-electron chi connectivity index (χ4n) is 3.26. The average Bonchev–Trinajstić information content (AvgIpc) is 2.70. The Labute approximate surface area is 185 Å². The van der Waals surface area contributed by atoms with E-state index in [4.69, 9.17) is 21.1 Å². The molecule has 0 saturated carbocycles. The van der Waals surface area contributed by atoms with Crippen molar-refractivity contribution in [3.8, 4) is 5.75 Å². The summed E-state index contributed by atoms with van der Waals surface area (Å²) in [7, 11) is 1.29. The number of amides is 2. The molecule has 9 nitrogen and oxygen atoms in total. The van der Waals surface area contributed by atoms with Crippen molar-refractivity contribution in [2.24, 2.45) is 0 Å². The number of carbonyl (C=O) groups is 4. The van der Waals surface area contributed by atoms with Crippen LogP contribution in [-0.2, 0) is 23.9 Å². The molecule has 2 aliphatic rings. The first-order chi connectivity index (χ1) is 14.1. The summed E-state index contributed by atoms with van der Waals surface area (Å²) < 4.78 is 9.31. The van der Waals surface area contributed by atoms with E-state index in [1.54, 1.807) is 24.3 Å². The lowest BCUT2D eigenvalue weighted by Gasteiger charge is -2.58. The number of thioether (sulfide) groups is 2. The summed E-state index contributed by atoms with van der Waals surface area (Å²) in [6.45, 7) is 0.770. The number of hydrogen-bond acceptors (Lipinski definition) is 8. The molecule has 3 rings (SSSR count). The number of ether oxygens (including phenoxy) is 2. The number of rotatable bonds is 7. The average molecular weight is 475 g/mol. The molecule has 162 valence electrons. The summed E-state index contributed by atoms with van der Waals surface area (Å²) in [4.78, 5) is 49.8. The standard InChI is InChI=1S/C18H19ClN2O7S2/c1-10(22)30-17(16(25)26)8-21-14(24)18(27-2,15(21)29-9-17)20-13(23)7-28-12-5-3-11(19)4-6-12/h3-6,15H,7-9H2,1-2H3,(H,20,23)(H,25,26)/t15-,17?,18?/m1/s1. The number of carbonyl (C=O) groups excluding carboxylic acids is 3. The molecule has 2 heterocycles. The fourth-order valence-corrected chi connectivity index (χ4v) is 6.15. The normalized spacial score (nSPS) is 27.6. The van der Waals surface area contributed by atoms with E-state index in [0.29, 0.717) is 22.5 Å². The van der Waals surface area contributed by atoms with Crippen molar-refractivity contribution in [3.05, 3.63) is 29.3 Å². The molecule has 30 heavy (non-hydrogen) atoms. The predicted molar refractivity (Wildman–Crippen MR) is 111 cm³/mol. The maximum absolute atomic E-state index is 12.8. The highest BCUT2D eigenvalue weighted by atomic mass is 35.5. The van der Waals surface area contributed by atoms with Gasteiger partial charge in [0.05, 0.1) is 0 Å². The number of benzene rings is 1. The van der Waals surface area contributed by atoms with Gasteiger partial charge in [0.2, 0.25) is 0 Å². The Bertz CT molecular complexity index is 884. The van der Waals surface area contributed by atoms with Crippen LogP contribution >= 0.6 is 35.1 Å². The van der Waals surface area contributed by atoms with Crippen LogP contribution in [0.5, 0.6) is 5.75 Å². The molecule has 1 aromatic rings. The lowest BCUT2D eigenvalue weighted by molar-refractivity contribution is -0.197. The maximum Gasteiger partial charge on any atom is 0.322 e. The van der Waals surface area contributed by atoms with Gasteiger partial charge in [-0.3, -0.25) is 19.2 Å². The van der Waals surface area contributed by atoms with E-state index in [9.17, 15) is 24.3 Å². The minimum Gasteiger partial charge on any atom is -0.484 e. The number of hydrogen-bond donors (Lipinski definition) is 2. The van der Waals surface area contributed by atoms with Gasteiger partial charge < -0.3 is 24.8 Å². The highest BCUT2D eigenvalue weighted by Crippen LogP contribution is 2.48. The van der Waals surface area contributed by atoms with E-state index >= 15 is 0 Å². The maximum atomic E-state index is 12.8. The van der Waals surface area contributed by atoms with Crippen molar-refractivity contribution < 1.29 is 33.8 Å². The lowest BCUT2D eigenvalue weighted by Crippen LogP contribution is -2.83. The Hall–Kier alpha value is -1.95. The summed E-state index contributed by atoms with van der Waals surface area (Å²) in [5, 5.41) is 11.8. The molecule has 12 heteroatoms. The largest absolute Gasteiger partial charge is 0.484 e. The van der Waals surface area contributed by atoms with Crippen LogP contribution in [0.15, 0.2) is 24.3 Å². The van der Waals surface area contributed by atoms with Crippen LogP contribution in [0.4, 0.5) is 0 Å². The first-order valence-electron chi connectivity index (χ1n) is 8.74. The van der Waals surface area contributed by atoms with Gasteiger partial charge in [-0.2, -0.15) is 0 Å². The first-order valence-corrected chi connectivity index (χ1v) is 11.0. The zero-order chi connectivity index (χ0) is 22.1. The van der Waals surface area contributed by atoms with Gasteiger partial charge >= 0.3 is 5.97 Å². The molecule has 2 saturated heterocycles. The Morgan fingerprint density at radius 2 is 2.03 bits per heavy atom. The zero-order valence-electron chi connectivity index (χ0n) is 16.0. The third kappa shape index (κ3) is 4.11. The Morgan fingerprint density at radius 3 is 2.60 bits per heavy atom. The number of methoxy groups -OCH3 is 1. The van der Waals surface area contributed by atoms with E-state index in [1.807, 2.05) is 0 Å². The third-order valence-corrected chi connectivity index (χ3v) is 7.79. The Kier molecular flexibility index (Phi) is 6.56. The Morgan fingerprint density at radius 1 is 1.37 bits per heavy atom. The molecule has 0 bridgehead atoms. The van der Waals surface area contributed by atoms with Gasteiger partial charge in [0.1, 0.15) is 15.9 Å². The molecule has 3 atom stereocenters. The van der Waals surface area contributed by atoms with Gasteiger partial charge in [0.25, 0.3) is 17.5 Å². The van der Waals surface area contributed by atoms with Crippen LogP contribution in [0.1, 0.15) is 6.92 Å². The summed E-state index contributed by atoms with van der Waals surface area (Å²) in [6.07, 6.45) is 0. The van der Waals surface area contributed by atoms with Crippen LogP contribution in [-0.4, -0.2) is 74.8 Å². The highest BCUT2D eigenvalue weighted by molar-refractivity contribution is 8.16.